The minimum absolute atomic E-state index is 0.0759. The molecule has 3 rings (SSSR count). The third-order valence-corrected chi connectivity index (χ3v) is 5.33. The maximum absolute atomic E-state index is 12.5. The van der Waals surface area contributed by atoms with E-state index in [-0.39, 0.29) is 17.9 Å². The summed E-state index contributed by atoms with van der Waals surface area (Å²) in [5.41, 5.74) is 0.986. The fraction of sp³-hybridized carbons (Fsp3) is 0.333. The van der Waals surface area contributed by atoms with Crippen molar-refractivity contribution in [3.05, 3.63) is 57.5 Å². The summed E-state index contributed by atoms with van der Waals surface area (Å²) in [6.45, 7) is 2.87. The number of nitrogens with one attached hydrogen (secondary N) is 2. The van der Waals surface area contributed by atoms with Gasteiger partial charge in [0.15, 0.2) is 6.10 Å². The first kappa shape index (κ1) is 21.6. The zero-order valence-corrected chi connectivity index (χ0v) is 18.3. The van der Waals surface area contributed by atoms with Crippen molar-refractivity contribution in [2.45, 2.75) is 32.0 Å². The normalized spacial score (nSPS) is 16.9. The van der Waals surface area contributed by atoms with Gasteiger partial charge in [0.25, 0.3) is 11.8 Å². The van der Waals surface area contributed by atoms with Gasteiger partial charge in [-0.2, -0.15) is 0 Å². The maximum Gasteiger partial charge on any atom is 0.265 e. The van der Waals surface area contributed by atoms with Gasteiger partial charge in [0.1, 0.15) is 5.75 Å². The molecule has 29 heavy (non-hydrogen) atoms. The van der Waals surface area contributed by atoms with Crippen molar-refractivity contribution < 1.29 is 19.1 Å². The van der Waals surface area contributed by atoms with Gasteiger partial charge in [-0.15, -0.1) is 0 Å². The van der Waals surface area contributed by atoms with Crippen molar-refractivity contribution >= 4 is 45.0 Å². The Morgan fingerprint density at radius 2 is 2.14 bits per heavy atom. The topological polar surface area (TPSA) is 76.7 Å². The first-order valence-corrected chi connectivity index (χ1v) is 10.5. The number of hydrogen-bond donors (Lipinski definition) is 2. The van der Waals surface area contributed by atoms with Gasteiger partial charge in [-0.25, -0.2) is 0 Å². The number of hydrogen-bond acceptors (Lipinski definition) is 4. The van der Waals surface area contributed by atoms with Crippen molar-refractivity contribution in [2.75, 3.05) is 18.5 Å². The molecule has 8 heteroatoms. The van der Waals surface area contributed by atoms with Crippen LogP contribution in [0.4, 0.5) is 5.69 Å². The first-order valence-electron chi connectivity index (χ1n) is 9.35. The van der Waals surface area contributed by atoms with E-state index in [1.54, 1.807) is 49.4 Å². The van der Waals surface area contributed by atoms with Gasteiger partial charge in [-0.1, -0.05) is 17.7 Å². The Labute approximate surface area is 183 Å². The van der Waals surface area contributed by atoms with E-state index in [1.165, 1.54) is 0 Å². The highest BCUT2D eigenvalue weighted by atomic mass is 79.9. The predicted molar refractivity (Wildman–Crippen MR) is 116 cm³/mol. The number of carbonyl (C=O) groups is 2. The minimum atomic E-state index is -0.746. The second kappa shape index (κ2) is 10.1. The maximum atomic E-state index is 12.5. The summed E-state index contributed by atoms with van der Waals surface area (Å²) >= 11 is 9.28. The largest absolute Gasteiger partial charge is 0.480 e. The van der Waals surface area contributed by atoms with Crippen LogP contribution >= 0.6 is 27.5 Å². The highest BCUT2D eigenvalue weighted by Crippen LogP contribution is 2.29. The number of halogens is 2. The number of benzene rings is 2. The van der Waals surface area contributed by atoms with Crippen LogP contribution in [0.2, 0.25) is 5.02 Å². The van der Waals surface area contributed by atoms with Crippen LogP contribution in [0.3, 0.4) is 0 Å². The van der Waals surface area contributed by atoms with Crippen molar-refractivity contribution in [1.29, 1.82) is 0 Å². The van der Waals surface area contributed by atoms with Gasteiger partial charge in [0.05, 0.1) is 10.6 Å². The molecule has 0 aliphatic carbocycles. The third-order valence-electron chi connectivity index (χ3n) is 4.47. The van der Waals surface area contributed by atoms with E-state index in [0.717, 1.165) is 19.4 Å². The molecule has 2 aromatic rings. The van der Waals surface area contributed by atoms with Gasteiger partial charge >= 0.3 is 0 Å². The van der Waals surface area contributed by atoms with E-state index in [1.807, 2.05) is 0 Å². The summed E-state index contributed by atoms with van der Waals surface area (Å²) < 4.78 is 11.9. The lowest BCUT2D eigenvalue weighted by Gasteiger charge is -2.16. The second-order valence-corrected chi connectivity index (χ2v) is 8.04. The van der Waals surface area contributed by atoms with Crippen molar-refractivity contribution in [3.8, 4) is 5.75 Å². The molecule has 1 fully saturated rings. The molecule has 0 bridgehead atoms. The van der Waals surface area contributed by atoms with E-state index in [0.29, 0.717) is 33.0 Å². The molecule has 154 valence electrons. The molecule has 1 aliphatic rings. The van der Waals surface area contributed by atoms with E-state index in [4.69, 9.17) is 21.1 Å². The zero-order valence-electron chi connectivity index (χ0n) is 15.9. The molecule has 0 aromatic heterocycles. The quantitative estimate of drug-likeness (QED) is 0.614. The number of amides is 2. The molecule has 0 radical (unpaired) electrons. The molecule has 6 nitrogen and oxygen atoms in total. The Hall–Kier alpha value is -2.09. The minimum Gasteiger partial charge on any atom is -0.480 e. The molecular weight excluding hydrogens is 460 g/mol. The number of carbonyl (C=O) groups excluding carboxylic acids is 2. The summed E-state index contributed by atoms with van der Waals surface area (Å²) in [5.74, 6) is -0.0194. The van der Waals surface area contributed by atoms with Crippen LogP contribution in [-0.4, -0.2) is 37.2 Å². The third kappa shape index (κ3) is 6.19. The Kier molecular flexibility index (Phi) is 7.52. The van der Waals surface area contributed by atoms with Crippen LogP contribution in [0.5, 0.6) is 5.75 Å². The molecule has 1 aliphatic heterocycles. The first-order chi connectivity index (χ1) is 13.9. The highest BCUT2D eigenvalue weighted by Gasteiger charge is 2.18. The number of rotatable bonds is 7. The second-order valence-electron chi connectivity index (χ2n) is 6.75. The molecule has 0 spiro atoms. The van der Waals surface area contributed by atoms with Gasteiger partial charge in [-0.05, 0) is 72.1 Å². The predicted octanol–water partition coefficient (Wildman–Crippen LogP) is 4.42. The number of ether oxygens (including phenoxy) is 2. The summed E-state index contributed by atoms with van der Waals surface area (Å²) in [6.07, 6.45) is 1.31. The summed E-state index contributed by atoms with van der Waals surface area (Å²) in [6, 6.07) is 11.8. The number of anilines is 1. The van der Waals surface area contributed by atoms with Gasteiger partial charge < -0.3 is 20.1 Å². The highest BCUT2D eigenvalue weighted by molar-refractivity contribution is 9.10. The fourth-order valence-corrected chi connectivity index (χ4v) is 3.69. The monoisotopic (exact) mass is 480 g/mol. The van der Waals surface area contributed by atoms with Crippen LogP contribution in [0, 0.1) is 0 Å². The Morgan fingerprint density at radius 1 is 1.31 bits per heavy atom. The molecule has 2 N–H and O–H groups in total. The summed E-state index contributed by atoms with van der Waals surface area (Å²) in [7, 11) is 0. The van der Waals surface area contributed by atoms with Crippen LogP contribution in [0.25, 0.3) is 0 Å². The fourth-order valence-electron chi connectivity index (χ4n) is 2.91. The SMILES string of the molecule is CC(Oc1ccc(Cl)cc1Br)C(=O)Nc1cccc(C(=O)NCC2CCCO2)c1. The van der Waals surface area contributed by atoms with Crippen molar-refractivity contribution in [2.24, 2.45) is 0 Å². The Morgan fingerprint density at radius 3 is 2.86 bits per heavy atom. The molecule has 2 unspecified atom stereocenters. The summed E-state index contributed by atoms with van der Waals surface area (Å²) in [5, 5.41) is 6.21. The van der Waals surface area contributed by atoms with Crippen molar-refractivity contribution in [1.82, 2.24) is 5.32 Å². The molecule has 2 amide bonds. The van der Waals surface area contributed by atoms with Crippen LogP contribution < -0.4 is 15.4 Å². The molecule has 1 saturated heterocycles. The van der Waals surface area contributed by atoms with E-state index in [9.17, 15) is 9.59 Å². The lowest BCUT2D eigenvalue weighted by molar-refractivity contribution is -0.122. The van der Waals surface area contributed by atoms with Crippen LogP contribution in [0.1, 0.15) is 30.1 Å². The Bertz CT molecular complexity index is 887. The van der Waals surface area contributed by atoms with Crippen molar-refractivity contribution in [3.63, 3.8) is 0 Å². The lowest BCUT2D eigenvalue weighted by Crippen LogP contribution is -2.32. The molecular formula is C21H22BrClN2O4. The molecule has 0 saturated carbocycles. The van der Waals surface area contributed by atoms with E-state index < -0.39 is 6.10 Å². The van der Waals surface area contributed by atoms with Gasteiger partial charge in [0, 0.05) is 29.4 Å². The van der Waals surface area contributed by atoms with Gasteiger partial charge in [-0.3, -0.25) is 9.59 Å². The Balaban J connectivity index is 1.56. The van der Waals surface area contributed by atoms with Crippen LogP contribution in [0.15, 0.2) is 46.9 Å². The van der Waals surface area contributed by atoms with E-state index >= 15 is 0 Å². The summed E-state index contributed by atoms with van der Waals surface area (Å²) in [4.78, 5) is 24.8. The smallest absolute Gasteiger partial charge is 0.265 e. The lowest BCUT2D eigenvalue weighted by atomic mass is 10.1. The van der Waals surface area contributed by atoms with E-state index in [2.05, 4.69) is 26.6 Å². The average molecular weight is 482 g/mol. The zero-order chi connectivity index (χ0) is 20.8. The van der Waals surface area contributed by atoms with Crippen LogP contribution in [-0.2, 0) is 9.53 Å². The molecule has 2 aromatic carbocycles. The standard InChI is InChI=1S/C21H22BrClN2O4/c1-13(29-19-8-7-15(23)11-18(19)22)20(26)25-16-5-2-4-14(10-16)21(27)24-12-17-6-3-9-28-17/h2,4-5,7-8,10-11,13,17H,3,6,9,12H2,1H3,(H,24,27)(H,25,26). The van der Waals surface area contributed by atoms with Gasteiger partial charge in [0.2, 0.25) is 0 Å². The average Bonchev–Trinajstić information content (AvgIpc) is 3.22. The molecule has 2 atom stereocenters. The molecule has 1 heterocycles.